The minimum atomic E-state index is 0.655. The quantitative estimate of drug-likeness (QED) is 0.618. The predicted octanol–water partition coefficient (Wildman–Crippen LogP) is 2.79. The van der Waals surface area contributed by atoms with Crippen LogP contribution in [0.1, 0.15) is 21.5 Å². The molecule has 0 N–H and O–H groups in total. The van der Waals surface area contributed by atoms with Crippen LogP contribution in [-0.2, 0) is 0 Å². The Kier molecular flexibility index (Phi) is 2.59. The van der Waals surface area contributed by atoms with Gasteiger partial charge in [-0.15, -0.1) is 0 Å². The lowest BCUT2D eigenvalue weighted by Crippen LogP contribution is -1.89. The Morgan fingerprint density at radius 1 is 1.08 bits per heavy atom. The molecule has 0 unspecified atom stereocenters. The van der Waals surface area contributed by atoms with Gasteiger partial charge in [-0.05, 0) is 11.1 Å². The fraction of sp³-hybridized carbons (Fsp3) is 0. The average molecular weight is 158 g/mol. The summed E-state index contributed by atoms with van der Waals surface area (Å²) in [6.07, 6.45) is 4.15. The summed E-state index contributed by atoms with van der Waals surface area (Å²) in [6.45, 7) is 7.24. The Morgan fingerprint density at radius 2 is 1.58 bits per heavy atom. The highest BCUT2D eigenvalue weighted by atomic mass is 16.1. The van der Waals surface area contributed by atoms with Crippen molar-refractivity contribution in [3.8, 4) is 0 Å². The van der Waals surface area contributed by atoms with E-state index in [0.717, 1.165) is 17.4 Å². The number of aldehydes is 1. The van der Waals surface area contributed by atoms with Crippen LogP contribution < -0.4 is 0 Å². The average Bonchev–Trinajstić information content (AvgIpc) is 2.16. The molecule has 0 fully saturated rings. The van der Waals surface area contributed by atoms with Gasteiger partial charge in [-0.2, -0.15) is 0 Å². The van der Waals surface area contributed by atoms with Crippen LogP contribution in [-0.4, -0.2) is 6.29 Å². The standard InChI is InChI=1S/C11H10O/c1-3-9-6-5-7-10(4-2)11(9)8-12/h3-8H,1-2H2. The van der Waals surface area contributed by atoms with Crippen molar-refractivity contribution < 1.29 is 4.79 Å². The summed E-state index contributed by atoms with van der Waals surface area (Å²) < 4.78 is 0. The Bertz CT molecular complexity index is 298. The SMILES string of the molecule is C=Cc1cccc(C=C)c1C=O. The van der Waals surface area contributed by atoms with Crippen molar-refractivity contribution in [2.45, 2.75) is 0 Å². The molecule has 1 rings (SSSR count). The fourth-order valence-electron chi connectivity index (χ4n) is 1.09. The maximum Gasteiger partial charge on any atom is 0.151 e. The molecule has 0 bridgehead atoms. The van der Waals surface area contributed by atoms with Crippen LogP contribution in [0.4, 0.5) is 0 Å². The highest BCUT2D eigenvalue weighted by Gasteiger charge is 2.00. The van der Waals surface area contributed by atoms with E-state index >= 15 is 0 Å². The summed E-state index contributed by atoms with van der Waals surface area (Å²) in [5, 5.41) is 0. The zero-order valence-corrected chi connectivity index (χ0v) is 6.79. The topological polar surface area (TPSA) is 17.1 Å². The van der Waals surface area contributed by atoms with Crippen molar-refractivity contribution in [3.05, 3.63) is 48.0 Å². The summed E-state index contributed by atoms with van der Waals surface area (Å²) >= 11 is 0. The van der Waals surface area contributed by atoms with Gasteiger partial charge in [-0.25, -0.2) is 0 Å². The van der Waals surface area contributed by atoms with E-state index in [1.54, 1.807) is 12.2 Å². The van der Waals surface area contributed by atoms with Gasteiger partial charge in [0.1, 0.15) is 0 Å². The molecule has 60 valence electrons. The van der Waals surface area contributed by atoms with Crippen molar-refractivity contribution in [3.63, 3.8) is 0 Å². The highest BCUT2D eigenvalue weighted by molar-refractivity contribution is 5.87. The monoisotopic (exact) mass is 158 g/mol. The minimum Gasteiger partial charge on any atom is -0.298 e. The highest BCUT2D eigenvalue weighted by Crippen LogP contribution is 2.14. The first kappa shape index (κ1) is 8.47. The molecule has 0 aliphatic heterocycles. The summed E-state index contributed by atoms with van der Waals surface area (Å²) in [7, 11) is 0. The molecular formula is C11H10O. The number of hydrogen-bond acceptors (Lipinski definition) is 1. The first-order chi connectivity index (χ1) is 5.83. The maximum atomic E-state index is 10.7. The predicted molar refractivity (Wildman–Crippen MR) is 52.0 cm³/mol. The van der Waals surface area contributed by atoms with Crippen LogP contribution in [0.25, 0.3) is 12.2 Å². The molecule has 0 saturated heterocycles. The van der Waals surface area contributed by atoms with E-state index in [0.29, 0.717) is 5.56 Å². The van der Waals surface area contributed by atoms with E-state index in [1.807, 2.05) is 18.2 Å². The van der Waals surface area contributed by atoms with Crippen molar-refractivity contribution >= 4 is 18.4 Å². The molecule has 0 radical (unpaired) electrons. The van der Waals surface area contributed by atoms with Gasteiger partial charge in [0.15, 0.2) is 6.29 Å². The van der Waals surface area contributed by atoms with Crippen molar-refractivity contribution in [2.24, 2.45) is 0 Å². The van der Waals surface area contributed by atoms with Crippen LogP contribution in [0.15, 0.2) is 31.4 Å². The summed E-state index contributed by atoms with van der Waals surface area (Å²) in [5.74, 6) is 0. The fourth-order valence-corrected chi connectivity index (χ4v) is 1.09. The van der Waals surface area contributed by atoms with Crippen LogP contribution in [0.2, 0.25) is 0 Å². The van der Waals surface area contributed by atoms with E-state index in [-0.39, 0.29) is 0 Å². The second-order valence-corrected chi connectivity index (χ2v) is 2.38. The van der Waals surface area contributed by atoms with Crippen LogP contribution in [0.3, 0.4) is 0 Å². The summed E-state index contributed by atoms with van der Waals surface area (Å²) in [6, 6.07) is 5.58. The van der Waals surface area contributed by atoms with Crippen LogP contribution >= 0.6 is 0 Å². The van der Waals surface area contributed by atoms with Gasteiger partial charge in [0.2, 0.25) is 0 Å². The molecule has 0 saturated carbocycles. The molecule has 0 aliphatic rings. The van der Waals surface area contributed by atoms with E-state index in [9.17, 15) is 4.79 Å². The number of carbonyl (C=O) groups is 1. The van der Waals surface area contributed by atoms with Gasteiger partial charge in [0.05, 0.1) is 0 Å². The first-order valence-electron chi connectivity index (χ1n) is 3.66. The third-order valence-electron chi connectivity index (χ3n) is 1.73. The zero-order valence-electron chi connectivity index (χ0n) is 6.79. The molecule has 1 aromatic carbocycles. The lowest BCUT2D eigenvalue weighted by atomic mass is 10.0. The molecule has 0 amide bonds. The Hall–Kier alpha value is -1.63. The Labute approximate surface area is 72.0 Å². The van der Waals surface area contributed by atoms with E-state index in [1.165, 1.54) is 0 Å². The van der Waals surface area contributed by atoms with Gasteiger partial charge in [0, 0.05) is 5.56 Å². The molecule has 0 aliphatic carbocycles. The number of rotatable bonds is 3. The first-order valence-corrected chi connectivity index (χ1v) is 3.66. The van der Waals surface area contributed by atoms with E-state index in [2.05, 4.69) is 13.2 Å². The van der Waals surface area contributed by atoms with Crippen LogP contribution in [0.5, 0.6) is 0 Å². The van der Waals surface area contributed by atoms with Crippen molar-refractivity contribution in [1.29, 1.82) is 0 Å². The van der Waals surface area contributed by atoms with Crippen molar-refractivity contribution in [2.75, 3.05) is 0 Å². The molecular weight excluding hydrogens is 148 g/mol. The zero-order chi connectivity index (χ0) is 8.97. The smallest absolute Gasteiger partial charge is 0.151 e. The normalized spacial score (nSPS) is 9.00. The van der Waals surface area contributed by atoms with Crippen LogP contribution in [0, 0.1) is 0 Å². The van der Waals surface area contributed by atoms with Gasteiger partial charge >= 0.3 is 0 Å². The van der Waals surface area contributed by atoms with E-state index in [4.69, 9.17) is 0 Å². The maximum absolute atomic E-state index is 10.7. The molecule has 1 heteroatoms. The lowest BCUT2D eigenvalue weighted by molar-refractivity contribution is 0.112. The van der Waals surface area contributed by atoms with Gasteiger partial charge in [-0.3, -0.25) is 4.79 Å². The van der Waals surface area contributed by atoms with Gasteiger partial charge in [-0.1, -0.05) is 43.5 Å². The largest absolute Gasteiger partial charge is 0.298 e. The molecule has 1 nitrogen and oxygen atoms in total. The number of benzene rings is 1. The number of hydrogen-bond donors (Lipinski definition) is 0. The van der Waals surface area contributed by atoms with E-state index < -0.39 is 0 Å². The molecule has 0 aromatic heterocycles. The lowest BCUT2D eigenvalue weighted by Gasteiger charge is -2.01. The Morgan fingerprint density at radius 3 is 1.92 bits per heavy atom. The molecule has 12 heavy (non-hydrogen) atoms. The summed E-state index contributed by atoms with van der Waals surface area (Å²) in [4.78, 5) is 10.7. The molecule has 0 atom stereocenters. The number of carbonyl (C=O) groups excluding carboxylic acids is 1. The van der Waals surface area contributed by atoms with Gasteiger partial charge < -0.3 is 0 Å². The third-order valence-corrected chi connectivity index (χ3v) is 1.73. The third kappa shape index (κ3) is 1.35. The molecule has 0 heterocycles. The second-order valence-electron chi connectivity index (χ2n) is 2.38. The minimum absolute atomic E-state index is 0.655. The van der Waals surface area contributed by atoms with Gasteiger partial charge in [0.25, 0.3) is 0 Å². The summed E-state index contributed by atoms with van der Waals surface area (Å²) in [5.41, 5.74) is 2.35. The molecule has 0 spiro atoms. The van der Waals surface area contributed by atoms with Crippen molar-refractivity contribution in [1.82, 2.24) is 0 Å². The second kappa shape index (κ2) is 3.67. The Balaban J connectivity index is 3.40. The molecule has 1 aromatic rings.